The van der Waals surface area contributed by atoms with Crippen LogP contribution in [0.5, 0.6) is 5.75 Å². The predicted octanol–water partition coefficient (Wildman–Crippen LogP) is 4.47. The van der Waals surface area contributed by atoms with Crippen molar-refractivity contribution in [1.82, 2.24) is 0 Å². The van der Waals surface area contributed by atoms with E-state index in [0.29, 0.717) is 6.54 Å². The van der Waals surface area contributed by atoms with Gasteiger partial charge in [0, 0.05) is 16.9 Å². The molecule has 0 spiro atoms. The average Bonchev–Trinajstić information content (AvgIpc) is 2.95. The minimum atomic E-state index is -0.0535. The van der Waals surface area contributed by atoms with Gasteiger partial charge in [0.15, 0.2) is 0 Å². The average molecular weight is 277 g/mol. The second-order valence-corrected chi connectivity index (χ2v) is 4.94. The fourth-order valence-electron chi connectivity index (χ4n) is 2.47. The number of hydrogen-bond donors (Lipinski definition) is 0. The van der Waals surface area contributed by atoms with Crippen LogP contribution in [0.2, 0.25) is 0 Å². The Balaban J connectivity index is 1.82. The van der Waals surface area contributed by atoms with Crippen molar-refractivity contribution in [2.45, 2.75) is 12.5 Å². The summed E-state index contributed by atoms with van der Waals surface area (Å²) in [5, 5.41) is 3.60. The number of fused-ring (bicyclic) bond motifs is 1. The zero-order valence-electron chi connectivity index (χ0n) is 11.5. The molecule has 1 heterocycles. The van der Waals surface area contributed by atoms with Crippen LogP contribution < -0.4 is 4.74 Å². The molecular formula is C17H15N3O. The van der Waals surface area contributed by atoms with Gasteiger partial charge in [0.05, 0.1) is 6.54 Å². The first-order chi connectivity index (χ1) is 10.4. The zero-order valence-corrected chi connectivity index (χ0v) is 11.5. The molecule has 0 aromatic heterocycles. The SMILES string of the molecule is [N-]=[N+]=NCC1Cc2cccc(C=Cc3ccccc3)c2O1. The third kappa shape index (κ3) is 3.07. The van der Waals surface area contributed by atoms with E-state index in [1.54, 1.807) is 0 Å². The minimum Gasteiger partial charge on any atom is -0.489 e. The van der Waals surface area contributed by atoms with Crippen LogP contribution in [-0.2, 0) is 6.42 Å². The number of azide groups is 1. The van der Waals surface area contributed by atoms with E-state index in [9.17, 15) is 0 Å². The molecule has 0 saturated heterocycles. The first kappa shape index (κ1) is 13.3. The maximum absolute atomic E-state index is 8.40. The Morgan fingerprint density at radius 2 is 2.00 bits per heavy atom. The van der Waals surface area contributed by atoms with Crippen molar-refractivity contribution in [3.05, 3.63) is 75.7 Å². The second kappa shape index (κ2) is 6.16. The molecule has 1 unspecified atom stereocenters. The molecule has 1 atom stereocenters. The van der Waals surface area contributed by atoms with Gasteiger partial charge in [0.1, 0.15) is 11.9 Å². The summed E-state index contributed by atoms with van der Waals surface area (Å²) < 4.78 is 5.91. The van der Waals surface area contributed by atoms with Crippen LogP contribution in [0, 0.1) is 0 Å². The minimum absolute atomic E-state index is 0.0535. The van der Waals surface area contributed by atoms with Gasteiger partial charge in [-0.25, -0.2) is 0 Å². The van der Waals surface area contributed by atoms with Gasteiger partial charge in [-0.2, -0.15) is 0 Å². The highest BCUT2D eigenvalue weighted by Crippen LogP contribution is 2.33. The van der Waals surface area contributed by atoms with Crippen molar-refractivity contribution in [3.63, 3.8) is 0 Å². The molecule has 1 aliphatic heterocycles. The predicted molar refractivity (Wildman–Crippen MR) is 83.9 cm³/mol. The number of nitrogens with zero attached hydrogens (tertiary/aromatic N) is 3. The monoisotopic (exact) mass is 277 g/mol. The van der Waals surface area contributed by atoms with E-state index in [4.69, 9.17) is 10.3 Å². The largest absolute Gasteiger partial charge is 0.489 e. The van der Waals surface area contributed by atoms with Crippen LogP contribution in [0.15, 0.2) is 53.6 Å². The van der Waals surface area contributed by atoms with Gasteiger partial charge in [-0.15, -0.1) is 0 Å². The summed E-state index contributed by atoms with van der Waals surface area (Å²) >= 11 is 0. The summed E-state index contributed by atoms with van der Waals surface area (Å²) in [6.07, 6.45) is 4.87. The fraction of sp³-hybridized carbons (Fsp3) is 0.176. The maximum atomic E-state index is 8.40. The Hall–Kier alpha value is -2.71. The molecule has 0 amide bonds. The first-order valence-electron chi connectivity index (χ1n) is 6.89. The van der Waals surface area contributed by atoms with E-state index >= 15 is 0 Å². The number of ether oxygens (including phenoxy) is 1. The van der Waals surface area contributed by atoms with Crippen LogP contribution >= 0.6 is 0 Å². The molecule has 0 saturated carbocycles. The molecule has 0 radical (unpaired) electrons. The number of para-hydroxylation sites is 1. The summed E-state index contributed by atoms with van der Waals surface area (Å²) in [5.41, 5.74) is 11.8. The fourth-order valence-corrected chi connectivity index (χ4v) is 2.47. The van der Waals surface area contributed by atoms with Gasteiger partial charge in [0.2, 0.25) is 0 Å². The van der Waals surface area contributed by atoms with Crippen LogP contribution in [-0.4, -0.2) is 12.6 Å². The summed E-state index contributed by atoms with van der Waals surface area (Å²) in [4.78, 5) is 2.79. The summed E-state index contributed by atoms with van der Waals surface area (Å²) in [6.45, 7) is 0.368. The first-order valence-corrected chi connectivity index (χ1v) is 6.89. The van der Waals surface area contributed by atoms with Gasteiger partial charge in [-0.05, 0) is 16.7 Å². The van der Waals surface area contributed by atoms with E-state index in [2.05, 4.69) is 40.4 Å². The van der Waals surface area contributed by atoms with Gasteiger partial charge < -0.3 is 4.74 Å². The molecule has 3 rings (SSSR count). The molecule has 0 N–H and O–H groups in total. The van der Waals surface area contributed by atoms with Crippen LogP contribution in [0.3, 0.4) is 0 Å². The zero-order chi connectivity index (χ0) is 14.5. The normalized spacial score (nSPS) is 16.3. The molecule has 4 heteroatoms. The van der Waals surface area contributed by atoms with Gasteiger partial charge in [-0.1, -0.05) is 65.8 Å². The summed E-state index contributed by atoms with van der Waals surface area (Å²) in [7, 11) is 0. The van der Waals surface area contributed by atoms with E-state index in [-0.39, 0.29) is 6.10 Å². The summed E-state index contributed by atoms with van der Waals surface area (Å²) in [5.74, 6) is 0.905. The van der Waals surface area contributed by atoms with Crippen molar-refractivity contribution < 1.29 is 4.74 Å². The summed E-state index contributed by atoms with van der Waals surface area (Å²) in [6, 6.07) is 16.3. The number of rotatable bonds is 4. The van der Waals surface area contributed by atoms with Crippen molar-refractivity contribution in [3.8, 4) is 5.75 Å². The molecule has 2 aromatic rings. The Kier molecular flexibility index (Phi) is 3.90. The molecule has 0 aliphatic carbocycles. The lowest BCUT2D eigenvalue weighted by molar-refractivity contribution is 0.241. The van der Waals surface area contributed by atoms with E-state index < -0.39 is 0 Å². The lowest BCUT2D eigenvalue weighted by Crippen LogP contribution is -2.16. The molecule has 0 bridgehead atoms. The third-order valence-corrected chi connectivity index (χ3v) is 3.46. The maximum Gasteiger partial charge on any atom is 0.130 e. The highest BCUT2D eigenvalue weighted by Gasteiger charge is 2.23. The molecule has 21 heavy (non-hydrogen) atoms. The van der Waals surface area contributed by atoms with Crippen molar-refractivity contribution in [2.75, 3.05) is 6.54 Å². The van der Waals surface area contributed by atoms with E-state index in [1.807, 2.05) is 30.3 Å². The molecule has 1 aliphatic rings. The van der Waals surface area contributed by atoms with Crippen molar-refractivity contribution >= 4 is 12.2 Å². The lowest BCUT2D eigenvalue weighted by atomic mass is 10.1. The Morgan fingerprint density at radius 3 is 2.81 bits per heavy atom. The van der Waals surface area contributed by atoms with Gasteiger partial charge >= 0.3 is 0 Å². The lowest BCUT2D eigenvalue weighted by Gasteiger charge is -2.08. The molecule has 104 valence electrons. The number of hydrogen-bond acceptors (Lipinski definition) is 2. The molecule has 0 fully saturated rings. The second-order valence-electron chi connectivity index (χ2n) is 4.94. The third-order valence-electron chi connectivity index (χ3n) is 3.46. The van der Waals surface area contributed by atoms with Crippen LogP contribution in [0.1, 0.15) is 16.7 Å². The Bertz CT molecular complexity index is 703. The smallest absolute Gasteiger partial charge is 0.130 e. The van der Waals surface area contributed by atoms with E-state index in [0.717, 1.165) is 23.3 Å². The molecule has 2 aromatic carbocycles. The standard InChI is InChI=1S/C17H15N3O/c18-20-19-12-16-11-15-8-4-7-14(17(15)21-16)10-9-13-5-2-1-3-6-13/h1-10,16H,11-12H2. The Morgan fingerprint density at radius 1 is 1.14 bits per heavy atom. The molecular weight excluding hydrogens is 262 g/mol. The van der Waals surface area contributed by atoms with Crippen LogP contribution in [0.25, 0.3) is 22.6 Å². The quantitative estimate of drug-likeness (QED) is 0.352. The van der Waals surface area contributed by atoms with Crippen LogP contribution in [0.4, 0.5) is 0 Å². The number of benzene rings is 2. The molecule has 4 nitrogen and oxygen atoms in total. The van der Waals surface area contributed by atoms with Gasteiger partial charge in [0.25, 0.3) is 0 Å². The van der Waals surface area contributed by atoms with Gasteiger partial charge in [-0.3, -0.25) is 0 Å². The van der Waals surface area contributed by atoms with Crippen molar-refractivity contribution in [1.29, 1.82) is 0 Å². The van der Waals surface area contributed by atoms with Crippen molar-refractivity contribution in [2.24, 2.45) is 5.11 Å². The Labute approximate surface area is 123 Å². The highest BCUT2D eigenvalue weighted by atomic mass is 16.5. The topological polar surface area (TPSA) is 58.0 Å². The van der Waals surface area contributed by atoms with E-state index in [1.165, 1.54) is 5.56 Å². The highest BCUT2D eigenvalue weighted by molar-refractivity contribution is 5.73.